The van der Waals surface area contributed by atoms with E-state index in [-0.39, 0.29) is 28.1 Å². The highest BCUT2D eigenvalue weighted by Gasteiger charge is 2.33. The number of carbonyl (C=O) groups is 1. The van der Waals surface area contributed by atoms with Crippen LogP contribution in [0.3, 0.4) is 0 Å². The normalized spacial score (nSPS) is 16.6. The van der Waals surface area contributed by atoms with Crippen molar-refractivity contribution in [3.05, 3.63) is 87.4 Å². The second-order valence-electron chi connectivity index (χ2n) is 9.61. The average molecular weight is 611 g/mol. The molecule has 2 N–H and O–H groups in total. The molecule has 0 bridgehead atoms. The fourth-order valence-electron chi connectivity index (χ4n) is 4.32. The minimum atomic E-state index is -3.82. The molecule has 1 fully saturated rings. The van der Waals surface area contributed by atoms with Gasteiger partial charge in [0.25, 0.3) is 10.0 Å². The summed E-state index contributed by atoms with van der Waals surface area (Å²) in [5, 5.41) is 3.47. The fourth-order valence-corrected chi connectivity index (χ4v) is 7.56. The van der Waals surface area contributed by atoms with Crippen LogP contribution in [0, 0.1) is 19.8 Å². The highest BCUT2D eigenvalue weighted by molar-refractivity contribution is 7.92. The Morgan fingerprint density at radius 1 is 0.923 bits per heavy atom. The van der Waals surface area contributed by atoms with Crippen molar-refractivity contribution < 1.29 is 21.6 Å². The van der Waals surface area contributed by atoms with E-state index in [1.54, 1.807) is 24.3 Å². The highest BCUT2D eigenvalue weighted by atomic mass is 35.5. The van der Waals surface area contributed by atoms with Crippen LogP contribution in [0.25, 0.3) is 0 Å². The summed E-state index contributed by atoms with van der Waals surface area (Å²) in [7, 11) is -7.53. The maximum atomic E-state index is 13.1. The van der Waals surface area contributed by atoms with E-state index in [1.807, 2.05) is 19.9 Å². The van der Waals surface area contributed by atoms with Crippen LogP contribution >= 0.6 is 23.2 Å². The molecule has 1 heterocycles. The van der Waals surface area contributed by atoms with Crippen molar-refractivity contribution in [2.75, 3.05) is 23.1 Å². The lowest BCUT2D eigenvalue weighted by Crippen LogP contribution is -2.44. The maximum absolute atomic E-state index is 13.1. The summed E-state index contributed by atoms with van der Waals surface area (Å²) < 4.78 is 55.6. The van der Waals surface area contributed by atoms with Gasteiger partial charge in [-0.1, -0.05) is 35.3 Å². The van der Waals surface area contributed by atoms with Crippen LogP contribution in [0.1, 0.15) is 29.5 Å². The van der Waals surface area contributed by atoms with Crippen LogP contribution in [0.15, 0.2) is 65.6 Å². The third-order valence-corrected chi connectivity index (χ3v) is 10.5. The van der Waals surface area contributed by atoms with Gasteiger partial charge in [-0.05, 0) is 91.9 Å². The topological polar surface area (TPSA) is 113 Å². The van der Waals surface area contributed by atoms with Gasteiger partial charge in [0, 0.05) is 34.5 Å². The zero-order chi connectivity index (χ0) is 28.4. The lowest BCUT2D eigenvalue weighted by molar-refractivity contribution is -0.120. The first-order valence-electron chi connectivity index (χ1n) is 12.3. The zero-order valence-electron chi connectivity index (χ0n) is 21.4. The molecule has 4 rings (SSSR count). The van der Waals surface area contributed by atoms with Gasteiger partial charge >= 0.3 is 0 Å². The number of hydrogen-bond acceptors (Lipinski definition) is 5. The van der Waals surface area contributed by atoms with Crippen molar-refractivity contribution in [1.82, 2.24) is 4.31 Å². The summed E-state index contributed by atoms with van der Waals surface area (Å²) in [6.07, 6.45) is 1.07. The number of amides is 1. The molecule has 0 aromatic heterocycles. The molecule has 1 aliphatic heterocycles. The minimum absolute atomic E-state index is 0.0473. The molecule has 0 spiro atoms. The van der Waals surface area contributed by atoms with Crippen LogP contribution in [-0.4, -0.2) is 40.1 Å². The number of anilines is 2. The number of hydrogen-bond donors (Lipinski definition) is 2. The van der Waals surface area contributed by atoms with Crippen LogP contribution in [0.2, 0.25) is 10.0 Å². The molecule has 0 radical (unpaired) electrons. The summed E-state index contributed by atoms with van der Waals surface area (Å²) in [6, 6.07) is 15.8. The van der Waals surface area contributed by atoms with E-state index >= 15 is 0 Å². The Bertz CT molecular complexity index is 1590. The van der Waals surface area contributed by atoms with E-state index in [2.05, 4.69) is 10.0 Å². The van der Waals surface area contributed by atoms with E-state index in [9.17, 15) is 21.6 Å². The molecule has 0 saturated carbocycles. The molecule has 3 aromatic rings. The van der Waals surface area contributed by atoms with E-state index in [4.69, 9.17) is 23.2 Å². The molecule has 0 aliphatic carbocycles. The number of aryl methyl sites for hydroxylation is 2. The van der Waals surface area contributed by atoms with Crippen molar-refractivity contribution in [3.8, 4) is 0 Å². The quantitative estimate of drug-likeness (QED) is 0.345. The number of nitrogens with zero attached hydrogens (tertiary/aromatic N) is 1. The SMILES string of the molecule is Cc1ccc(NS(=O)(=O)c2ccc(NC(=O)[C@@H]3CCCN(S(=O)(=O)Cc4ccc(Cl)cc4Cl)C3)cc2)cc1C. The van der Waals surface area contributed by atoms with Gasteiger partial charge < -0.3 is 5.32 Å². The van der Waals surface area contributed by atoms with Gasteiger partial charge in [0.15, 0.2) is 0 Å². The van der Waals surface area contributed by atoms with Crippen molar-refractivity contribution in [2.24, 2.45) is 5.92 Å². The van der Waals surface area contributed by atoms with Crippen molar-refractivity contribution in [2.45, 2.75) is 37.3 Å². The predicted molar refractivity (Wildman–Crippen MR) is 155 cm³/mol. The third-order valence-electron chi connectivity index (χ3n) is 6.69. The molecule has 3 aromatic carbocycles. The number of nitrogens with one attached hydrogen (secondary N) is 2. The molecular weight excluding hydrogens is 581 g/mol. The van der Waals surface area contributed by atoms with Gasteiger partial charge in [0.05, 0.1) is 16.6 Å². The van der Waals surface area contributed by atoms with Crippen molar-refractivity contribution >= 4 is 60.5 Å². The van der Waals surface area contributed by atoms with Crippen LogP contribution in [-0.2, 0) is 30.6 Å². The second kappa shape index (κ2) is 11.9. The van der Waals surface area contributed by atoms with Gasteiger partial charge in [-0.3, -0.25) is 9.52 Å². The van der Waals surface area contributed by atoms with Gasteiger partial charge in [-0.15, -0.1) is 0 Å². The van der Waals surface area contributed by atoms with Crippen LogP contribution in [0.4, 0.5) is 11.4 Å². The zero-order valence-corrected chi connectivity index (χ0v) is 24.6. The first-order chi connectivity index (χ1) is 18.3. The smallest absolute Gasteiger partial charge is 0.261 e. The third kappa shape index (κ3) is 7.32. The summed E-state index contributed by atoms with van der Waals surface area (Å²) in [4.78, 5) is 13.0. The lowest BCUT2D eigenvalue weighted by atomic mass is 9.99. The van der Waals surface area contributed by atoms with Crippen molar-refractivity contribution in [3.63, 3.8) is 0 Å². The number of piperidine rings is 1. The van der Waals surface area contributed by atoms with Crippen LogP contribution < -0.4 is 10.0 Å². The molecular formula is C27H29Cl2N3O5S2. The van der Waals surface area contributed by atoms with Crippen LogP contribution in [0.5, 0.6) is 0 Å². The Labute approximate surface area is 239 Å². The largest absolute Gasteiger partial charge is 0.326 e. The molecule has 12 heteroatoms. The number of benzene rings is 3. The Morgan fingerprint density at radius 3 is 2.28 bits per heavy atom. The van der Waals surface area contributed by atoms with Gasteiger partial charge in [-0.2, -0.15) is 0 Å². The number of rotatable bonds is 8. The number of sulfonamides is 2. The van der Waals surface area contributed by atoms with E-state index in [1.165, 1.54) is 34.6 Å². The molecule has 208 valence electrons. The minimum Gasteiger partial charge on any atom is -0.326 e. The fraction of sp³-hybridized carbons (Fsp3) is 0.296. The van der Waals surface area contributed by atoms with Gasteiger partial charge in [0.1, 0.15) is 0 Å². The number of halogens is 2. The second-order valence-corrected chi connectivity index (χ2v) is 14.1. The van der Waals surface area contributed by atoms with Gasteiger partial charge in [-0.25, -0.2) is 21.1 Å². The Kier molecular flexibility index (Phi) is 8.92. The van der Waals surface area contributed by atoms with E-state index in [0.29, 0.717) is 41.3 Å². The molecule has 8 nitrogen and oxygen atoms in total. The number of carbonyl (C=O) groups excluding carboxylic acids is 1. The molecule has 1 saturated heterocycles. The molecule has 1 atom stereocenters. The molecule has 0 unspecified atom stereocenters. The molecule has 1 amide bonds. The van der Waals surface area contributed by atoms with Gasteiger partial charge in [0.2, 0.25) is 15.9 Å². The Hall–Kier alpha value is -2.63. The molecule has 39 heavy (non-hydrogen) atoms. The summed E-state index contributed by atoms with van der Waals surface area (Å²) in [5.41, 5.74) is 3.34. The first-order valence-corrected chi connectivity index (χ1v) is 16.1. The maximum Gasteiger partial charge on any atom is 0.261 e. The van der Waals surface area contributed by atoms with Crippen molar-refractivity contribution in [1.29, 1.82) is 0 Å². The summed E-state index contributed by atoms with van der Waals surface area (Å²) in [6.45, 7) is 4.21. The average Bonchev–Trinajstić information content (AvgIpc) is 2.88. The lowest BCUT2D eigenvalue weighted by Gasteiger charge is -2.31. The Balaban J connectivity index is 1.39. The predicted octanol–water partition coefficient (Wildman–Crippen LogP) is 5.59. The van der Waals surface area contributed by atoms with E-state index in [0.717, 1.165) is 11.1 Å². The highest BCUT2D eigenvalue weighted by Crippen LogP contribution is 2.27. The van der Waals surface area contributed by atoms with E-state index < -0.39 is 26.0 Å². The monoisotopic (exact) mass is 609 g/mol. The summed E-state index contributed by atoms with van der Waals surface area (Å²) >= 11 is 12.1. The molecule has 1 aliphatic rings. The Morgan fingerprint density at radius 2 is 1.62 bits per heavy atom. The summed E-state index contributed by atoms with van der Waals surface area (Å²) in [5.74, 6) is -1.17. The standard InChI is InChI=1S/C27H29Cl2N3O5S2/c1-18-5-8-24(14-19(18)2)31-39(36,37)25-11-9-23(10-12-25)30-27(33)20-4-3-13-32(16-20)38(34,35)17-21-6-7-22(28)15-26(21)29/h5-12,14-15,20,31H,3-4,13,16-17H2,1-2H3,(H,30,33)/t20-/m1/s1. The first kappa shape index (κ1) is 29.4.